The number of benzene rings is 5. The highest BCUT2D eigenvalue weighted by Gasteiger charge is 2.48. The first-order valence-corrected chi connectivity index (χ1v) is 17.9. The number of carbonyl (C=O) groups excluding carboxylic acids is 2. The minimum atomic E-state index is -1.02. The van der Waals surface area contributed by atoms with E-state index in [4.69, 9.17) is 14.2 Å². The minimum absolute atomic E-state index is 0.0826. The van der Waals surface area contributed by atoms with Crippen molar-refractivity contribution < 1.29 is 28.9 Å². The molecule has 1 amide bonds. The van der Waals surface area contributed by atoms with Gasteiger partial charge >= 0.3 is 5.91 Å². The van der Waals surface area contributed by atoms with E-state index >= 15 is 0 Å². The Morgan fingerprint density at radius 1 is 0.863 bits per heavy atom. The van der Waals surface area contributed by atoms with Crippen LogP contribution in [0.25, 0.3) is 16.5 Å². The van der Waals surface area contributed by atoms with E-state index in [-0.39, 0.29) is 16.5 Å². The average Bonchev–Trinajstić information content (AvgIpc) is 3.73. The number of aliphatic hydroxyl groups is 1. The van der Waals surface area contributed by atoms with Gasteiger partial charge in [0.25, 0.3) is 5.78 Å². The van der Waals surface area contributed by atoms with Crippen LogP contribution in [0.5, 0.6) is 17.2 Å². The lowest BCUT2D eigenvalue weighted by Crippen LogP contribution is -2.29. The lowest BCUT2D eigenvalue weighted by Gasteiger charge is -2.23. The van der Waals surface area contributed by atoms with Crippen LogP contribution in [0.2, 0.25) is 0 Å². The van der Waals surface area contributed by atoms with Gasteiger partial charge in [0.1, 0.15) is 18.1 Å². The number of aliphatic hydroxyl groups excluding tert-OH is 1. The molecule has 0 saturated carbocycles. The van der Waals surface area contributed by atoms with Crippen LogP contribution in [-0.2, 0) is 21.9 Å². The van der Waals surface area contributed by atoms with Crippen molar-refractivity contribution in [1.29, 1.82) is 0 Å². The van der Waals surface area contributed by atoms with Gasteiger partial charge < -0.3 is 19.3 Å². The highest BCUT2D eigenvalue weighted by molar-refractivity contribution is 8.00. The average molecular weight is 716 g/mol. The van der Waals surface area contributed by atoms with Gasteiger partial charge in [-0.1, -0.05) is 101 Å². The summed E-state index contributed by atoms with van der Waals surface area (Å²) < 4.78 is 17.6. The molecule has 9 nitrogen and oxygen atoms in total. The van der Waals surface area contributed by atoms with Crippen LogP contribution in [0.4, 0.5) is 5.13 Å². The third kappa shape index (κ3) is 6.90. The van der Waals surface area contributed by atoms with Gasteiger partial charge in [0.2, 0.25) is 5.13 Å². The molecule has 7 rings (SSSR count). The van der Waals surface area contributed by atoms with Crippen molar-refractivity contribution in [2.75, 3.05) is 19.1 Å². The van der Waals surface area contributed by atoms with Crippen LogP contribution < -0.4 is 19.1 Å². The summed E-state index contributed by atoms with van der Waals surface area (Å²) in [5.74, 6) is 0.118. The predicted molar refractivity (Wildman–Crippen MR) is 200 cm³/mol. The summed E-state index contributed by atoms with van der Waals surface area (Å²) in [4.78, 5) is 29.0. The second-order valence-corrected chi connectivity index (χ2v) is 14.0. The molecule has 0 aliphatic carbocycles. The number of ether oxygens (including phenoxy) is 3. The summed E-state index contributed by atoms with van der Waals surface area (Å²) in [6, 6.07) is 33.3. The maximum atomic E-state index is 13.8. The number of thioether (sulfide) groups is 1. The number of fused-ring (bicyclic) bond motifs is 1. The van der Waals surface area contributed by atoms with Gasteiger partial charge in [-0.15, -0.1) is 10.2 Å². The molecule has 51 heavy (non-hydrogen) atoms. The third-order valence-corrected chi connectivity index (χ3v) is 10.7. The highest BCUT2D eigenvalue weighted by atomic mass is 32.2. The van der Waals surface area contributed by atoms with Crippen molar-refractivity contribution in [1.82, 2.24) is 10.2 Å². The van der Waals surface area contributed by atoms with Crippen LogP contribution in [0.15, 0.2) is 119 Å². The number of aryl methyl sites for hydroxylation is 1. The fourth-order valence-electron chi connectivity index (χ4n) is 6.12. The number of methoxy groups -OCH3 is 2. The van der Waals surface area contributed by atoms with Gasteiger partial charge in [0, 0.05) is 11.3 Å². The zero-order valence-electron chi connectivity index (χ0n) is 28.0. The lowest BCUT2D eigenvalue weighted by molar-refractivity contribution is -0.132. The second-order valence-electron chi connectivity index (χ2n) is 11.9. The zero-order valence-corrected chi connectivity index (χ0v) is 29.7. The van der Waals surface area contributed by atoms with Crippen LogP contribution in [0, 0.1) is 6.92 Å². The first-order valence-electron chi connectivity index (χ1n) is 16.1. The van der Waals surface area contributed by atoms with Crippen molar-refractivity contribution in [2.24, 2.45) is 0 Å². The standard InChI is InChI=1S/C40H33N3O6S2/c1-24-8-6-9-25(20-24)22-49-30-17-14-27(15-18-30)36(44)34-35(28-16-19-32(47-2)33(21-28)48-3)43(38(46)37(34)45)39-41-42-40(51-39)50-23-29-12-7-11-26-10-4-5-13-31(26)29/h4-21,35,44H,22-23H2,1-3H3. The second kappa shape index (κ2) is 14.7. The van der Waals surface area contributed by atoms with Gasteiger partial charge in [-0.25, -0.2) is 0 Å². The maximum absolute atomic E-state index is 13.8. The van der Waals surface area contributed by atoms with Gasteiger partial charge in [0.05, 0.1) is 25.8 Å². The molecule has 1 atom stereocenters. The molecule has 1 aliphatic heterocycles. The molecule has 5 aromatic carbocycles. The molecular formula is C40H33N3O6S2. The Morgan fingerprint density at radius 3 is 2.41 bits per heavy atom. The number of aromatic nitrogens is 2. The van der Waals surface area contributed by atoms with E-state index in [0.29, 0.717) is 45.1 Å². The third-order valence-electron chi connectivity index (χ3n) is 8.62. The SMILES string of the molecule is COc1ccc(C2C(=C(O)c3ccc(OCc4cccc(C)c4)cc3)C(=O)C(=O)N2c2nnc(SCc3cccc4ccccc34)s2)cc1OC. The Bertz CT molecular complexity index is 2280. The maximum Gasteiger partial charge on any atom is 0.301 e. The number of hydrogen-bond donors (Lipinski definition) is 1. The highest BCUT2D eigenvalue weighted by Crippen LogP contribution is 2.46. The van der Waals surface area contributed by atoms with Crippen LogP contribution in [0.3, 0.4) is 0 Å². The van der Waals surface area contributed by atoms with Crippen molar-refractivity contribution in [3.05, 3.63) is 143 Å². The number of hydrogen-bond acceptors (Lipinski definition) is 10. The Balaban J connectivity index is 1.21. The Kier molecular flexibility index (Phi) is 9.74. The normalized spacial score (nSPS) is 15.4. The van der Waals surface area contributed by atoms with E-state index in [1.54, 1.807) is 42.5 Å². The minimum Gasteiger partial charge on any atom is -0.507 e. The van der Waals surface area contributed by atoms with E-state index in [9.17, 15) is 14.7 Å². The molecule has 256 valence electrons. The molecule has 11 heteroatoms. The fourth-order valence-corrected chi connectivity index (χ4v) is 7.99. The number of anilines is 1. The summed E-state index contributed by atoms with van der Waals surface area (Å²) in [6.07, 6.45) is 0. The number of rotatable bonds is 11. The molecule has 0 radical (unpaired) electrons. The van der Waals surface area contributed by atoms with Gasteiger partial charge in [-0.05, 0) is 70.8 Å². The van der Waals surface area contributed by atoms with Crippen LogP contribution in [0.1, 0.15) is 33.9 Å². The van der Waals surface area contributed by atoms with Crippen molar-refractivity contribution in [3.63, 3.8) is 0 Å². The molecule has 0 bridgehead atoms. The summed E-state index contributed by atoms with van der Waals surface area (Å²) in [7, 11) is 3.03. The first kappa shape index (κ1) is 33.8. The van der Waals surface area contributed by atoms with Crippen molar-refractivity contribution in [3.8, 4) is 17.2 Å². The summed E-state index contributed by atoms with van der Waals surface area (Å²) in [6.45, 7) is 2.40. The first-order chi connectivity index (χ1) is 24.8. The summed E-state index contributed by atoms with van der Waals surface area (Å²) in [5.41, 5.74) is 4.11. The van der Waals surface area contributed by atoms with Gasteiger partial charge in [-0.3, -0.25) is 14.5 Å². The molecule has 1 N–H and O–H groups in total. The lowest BCUT2D eigenvalue weighted by atomic mass is 9.95. The Hall–Kier alpha value is -5.65. The van der Waals surface area contributed by atoms with E-state index < -0.39 is 17.7 Å². The molecule has 6 aromatic rings. The zero-order chi connectivity index (χ0) is 35.5. The molecule has 1 fully saturated rings. The molecular weight excluding hydrogens is 683 g/mol. The Morgan fingerprint density at radius 2 is 1.63 bits per heavy atom. The number of amides is 1. The predicted octanol–water partition coefficient (Wildman–Crippen LogP) is 8.51. The number of Topliss-reactive ketones (excluding diaryl/α,β-unsaturated/α-hetero) is 1. The fraction of sp³-hybridized carbons (Fsp3) is 0.150. The molecule has 1 aromatic heterocycles. The smallest absolute Gasteiger partial charge is 0.301 e. The molecule has 1 aliphatic rings. The van der Waals surface area contributed by atoms with E-state index in [1.807, 2.05) is 43.3 Å². The van der Waals surface area contributed by atoms with Crippen LogP contribution >= 0.6 is 23.1 Å². The molecule has 2 heterocycles. The van der Waals surface area contributed by atoms with E-state index in [1.165, 1.54) is 42.2 Å². The largest absolute Gasteiger partial charge is 0.507 e. The summed E-state index contributed by atoms with van der Waals surface area (Å²) in [5, 5.41) is 23.0. The number of carbonyl (C=O) groups is 2. The van der Waals surface area contributed by atoms with E-state index in [0.717, 1.165) is 27.5 Å². The molecule has 1 unspecified atom stereocenters. The van der Waals surface area contributed by atoms with Gasteiger partial charge in [0.15, 0.2) is 15.8 Å². The molecule has 0 spiro atoms. The topological polar surface area (TPSA) is 111 Å². The van der Waals surface area contributed by atoms with E-state index in [2.05, 4.69) is 40.5 Å². The van der Waals surface area contributed by atoms with Crippen molar-refractivity contribution in [2.45, 2.75) is 29.7 Å². The summed E-state index contributed by atoms with van der Waals surface area (Å²) >= 11 is 2.71. The molecule has 1 saturated heterocycles. The van der Waals surface area contributed by atoms with Gasteiger partial charge in [-0.2, -0.15) is 0 Å². The van der Waals surface area contributed by atoms with Crippen LogP contribution in [-0.4, -0.2) is 41.2 Å². The number of nitrogens with zero attached hydrogens (tertiary/aromatic N) is 3. The van der Waals surface area contributed by atoms with Crippen molar-refractivity contribution >= 4 is 56.5 Å². The quantitative estimate of drug-likeness (QED) is 0.0464. The number of ketones is 1. The Labute approximate surface area is 303 Å². The monoisotopic (exact) mass is 715 g/mol.